The molecule has 1 aromatic heterocycles. The molecule has 2 heterocycles. The Morgan fingerprint density at radius 1 is 0.969 bits per heavy atom. The highest BCUT2D eigenvalue weighted by Crippen LogP contribution is 2.42. The highest BCUT2D eigenvalue weighted by Gasteiger charge is 2.32. The van der Waals surface area contributed by atoms with Crippen LogP contribution in [0.3, 0.4) is 0 Å². The molecule has 0 N–H and O–H groups in total. The first-order chi connectivity index (χ1) is 15.1. The second kappa shape index (κ2) is 8.36. The number of hydrogen-bond acceptors (Lipinski definition) is 4. The van der Waals surface area contributed by atoms with Crippen LogP contribution in [0, 0.1) is 5.92 Å². The average molecular weight is 433 g/mol. The Bertz CT molecular complexity index is 1100. The van der Waals surface area contributed by atoms with E-state index in [1.54, 1.807) is 0 Å². The number of anilines is 1. The lowest BCUT2D eigenvalue weighted by Crippen LogP contribution is -2.35. The molecule has 5 heteroatoms. The topological polar surface area (TPSA) is 43.2 Å². The van der Waals surface area contributed by atoms with E-state index in [2.05, 4.69) is 107 Å². The smallest absolute Gasteiger partial charge is 0.123 e. The van der Waals surface area contributed by atoms with Gasteiger partial charge in [0.25, 0.3) is 0 Å². The maximum atomic E-state index is 6.29. The number of para-hydroxylation sites is 1. The molecule has 0 fully saturated rings. The minimum atomic E-state index is -0.249. The van der Waals surface area contributed by atoms with Gasteiger partial charge in [-0.2, -0.15) is 0 Å². The number of aromatic nitrogens is 3. The largest absolute Gasteiger partial charge is 0.375 e. The van der Waals surface area contributed by atoms with E-state index in [4.69, 9.17) is 15.0 Å². The van der Waals surface area contributed by atoms with Crippen molar-refractivity contribution in [3.63, 3.8) is 0 Å². The zero-order valence-corrected chi connectivity index (χ0v) is 20.5. The van der Waals surface area contributed by atoms with Gasteiger partial charge in [-0.15, -0.1) is 5.10 Å². The second-order valence-corrected chi connectivity index (χ2v) is 10.4. The molecule has 0 saturated heterocycles. The maximum Gasteiger partial charge on any atom is 0.123 e. The summed E-state index contributed by atoms with van der Waals surface area (Å²) in [5.74, 6) is 0.456. The van der Waals surface area contributed by atoms with E-state index in [0.717, 1.165) is 29.9 Å². The van der Waals surface area contributed by atoms with E-state index in [0.29, 0.717) is 12.5 Å². The number of benzene rings is 2. The summed E-state index contributed by atoms with van der Waals surface area (Å²) >= 11 is 0. The van der Waals surface area contributed by atoms with Gasteiger partial charge >= 0.3 is 0 Å². The lowest BCUT2D eigenvalue weighted by molar-refractivity contribution is -0.0587. The Morgan fingerprint density at radius 2 is 1.62 bits per heavy atom. The maximum absolute atomic E-state index is 6.29. The van der Waals surface area contributed by atoms with Crippen molar-refractivity contribution in [3.05, 3.63) is 54.1 Å². The van der Waals surface area contributed by atoms with E-state index in [1.165, 1.54) is 16.8 Å². The zero-order valence-electron chi connectivity index (χ0n) is 20.5. The molecule has 4 rings (SSSR count). The molecule has 0 atom stereocenters. The van der Waals surface area contributed by atoms with Crippen molar-refractivity contribution in [1.29, 1.82) is 0 Å². The normalized spacial score (nSPS) is 13.9. The summed E-state index contributed by atoms with van der Waals surface area (Å²) in [5.41, 5.74) is 6.41. The SMILES string of the molecule is CC(C)C(C)(C)OCCC(C)(C)n1nnc2c1-c1ccccc1CN(C)c1ccccc1-2. The average Bonchev–Trinajstić information content (AvgIpc) is 3.18. The molecule has 0 amide bonds. The summed E-state index contributed by atoms with van der Waals surface area (Å²) in [4.78, 5) is 2.29. The third-order valence-corrected chi connectivity index (χ3v) is 7.07. The van der Waals surface area contributed by atoms with E-state index < -0.39 is 0 Å². The molecule has 170 valence electrons. The van der Waals surface area contributed by atoms with E-state index >= 15 is 0 Å². The Balaban J connectivity index is 1.79. The molecule has 0 unspecified atom stereocenters. The molecule has 3 aromatic rings. The minimum Gasteiger partial charge on any atom is -0.375 e. The Morgan fingerprint density at radius 3 is 2.34 bits per heavy atom. The van der Waals surface area contributed by atoms with Crippen molar-refractivity contribution in [2.45, 2.75) is 65.6 Å². The number of fused-ring (bicyclic) bond motifs is 5. The highest BCUT2D eigenvalue weighted by molar-refractivity contribution is 5.88. The van der Waals surface area contributed by atoms with Gasteiger partial charge in [-0.3, -0.25) is 0 Å². The van der Waals surface area contributed by atoms with Gasteiger partial charge in [0.05, 0.1) is 16.8 Å². The molecule has 1 aliphatic rings. The lowest BCUT2D eigenvalue weighted by Gasteiger charge is -2.33. The standard InChI is InChI=1S/C27H36N4O/c1-19(2)27(5,6)32-17-16-26(3,4)31-25-21-13-9-8-12-20(21)18-30(7)23-15-11-10-14-22(23)24(25)28-29-31/h8-15,19H,16-18H2,1-7H3. The van der Waals surface area contributed by atoms with Crippen LogP contribution in [0.15, 0.2) is 48.5 Å². The van der Waals surface area contributed by atoms with Gasteiger partial charge in [0, 0.05) is 37.0 Å². The highest BCUT2D eigenvalue weighted by atomic mass is 16.5. The van der Waals surface area contributed by atoms with E-state index in [1.807, 2.05) is 0 Å². The molecule has 0 bridgehead atoms. The molecule has 2 aromatic carbocycles. The summed E-state index contributed by atoms with van der Waals surface area (Å²) in [7, 11) is 2.14. The monoisotopic (exact) mass is 432 g/mol. The van der Waals surface area contributed by atoms with Crippen molar-refractivity contribution in [3.8, 4) is 22.5 Å². The van der Waals surface area contributed by atoms with Crippen LogP contribution in [0.1, 0.15) is 53.5 Å². The quantitative estimate of drug-likeness (QED) is 0.469. The fourth-order valence-electron chi connectivity index (χ4n) is 4.20. The number of hydrogen-bond donors (Lipinski definition) is 0. The fraction of sp³-hybridized carbons (Fsp3) is 0.481. The second-order valence-electron chi connectivity index (χ2n) is 10.4. The summed E-state index contributed by atoms with van der Waals surface area (Å²) in [6.45, 7) is 14.7. The van der Waals surface area contributed by atoms with Crippen molar-refractivity contribution >= 4 is 5.69 Å². The number of ether oxygens (including phenoxy) is 1. The van der Waals surface area contributed by atoms with Crippen molar-refractivity contribution in [2.75, 3.05) is 18.6 Å². The Labute approximate surface area is 192 Å². The van der Waals surface area contributed by atoms with Gasteiger partial charge in [-0.05, 0) is 51.7 Å². The molecule has 0 radical (unpaired) electrons. The van der Waals surface area contributed by atoms with Crippen LogP contribution in [0.2, 0.25) is 0 Å². The van der Waals surface area contributed by atoms with Gasteiger partial charge in [0.1, 0.15) is 5.69 Å². The molecule has 0 aliphatic carbocycles. The number of rotatable bonds is 6. The van der Waals surface area contributed by atoms with Crippen LogP contribution in [0.4, 0.5) is 5.69 Å². The van der Waals surface area contributed by atoms with Crippen LogP contribution in [0.25, 0.3) is 22.5 Å². The predicted octanol–water partition coefficient (Wildman–Crippen LogP) is 6.14. The van der Waals surface area contributed by atoms with Gasteiger partial charge in [-0.25, -0.2) is 4.68 Å². The molecular weight excluding hydrogens is 396 g/mol. The number of nitrogens with zero attached hydrogens (tertiary/aromatic N) is 4. The first-order valence-corrected chi connectivity index (χ1v) is 11.6. The van der Waals surface area contributed by atoms with Gasteiger partial charge < -0.3 is 9.64 Å². The summed E-state index contributed by atoms with van der Waals surface area (Å²) < 4.78 is 8.41. The lowest BCUT2D eigenvalue weighted by atomic mass is 9.93. The predicted molar refractivity (Wildman–Crippen MR) is 132 cm³/mol. The van der Waals surface area contributed by atoms with Gasteiger partial charge in [0.2, 0.25) is 0 Å². The van der Waals surface area contributed by atoms with E-state index in [9.17, 15) is 0 Å². The Hall–Kier alpha value is -2.66. The third-order valence-electron chi connectivity index (χ3n) is 7.07. The summed E-state index contributed by atoms with van der Waals surface area (Å²) in [6.07, 6.45) is 0.850. The van der Waals surface area contributed by atoms with Crippen molar-refractivity contribution in [1.82, 2.24) is 15.0 Å². The van der Waals surface area contributed by atoms with Crippen molar-refractivity contribution < 1.29 is 4.74 Å². The first kappa shape index (κ1) is 22.5. The minimum absolute atomic E-state index is 0.149. The summed E-state index contributed by atoms with van der Waals surface area (Å²) in [5, 5.41) is 9.45. The molecular formula is C27H36N4O. The van der Waals surface area contributed by atoms with Crippen LogP contribution < -0.4 is 4.90 Å². The molecule has 32 heavy (non-hydrogen) atoms. The third kappa shape index (κ3) is 4.06. The molecule has 5 nitrogen and oxygen atoms in total. The van der Waals surface area contributed by atoms with Crippen LogP contribution in [0.5, 0.6) is 0 Å². The van der Waals surface area contributed by atoms with Gasteiger partial charge in [-0.1, -0.05) is 61.5 Å². The Kier molecular flexibility index (Phi) is 5.89. The molecule has 0 spiro atoms. The van der Waals surface area contributed by atoms with Crippen LogP contribution in [-0.4, -0.2) is 34.2 Å². The zero-order chi connectivity index (χ0) is 23.1. The van der Waals surface area contributed by atoms with Crippen LogP contribution in [-0.2, 0) is 16.8 Å². The first-order valence-electron chi connectivity index (χ1n) is 11.6. The molecule has 0 saturated carbocycles. The summed E-state index contributed by atoms with van der Waals surface area (Å²) in [6, 6.07) is 17.1. The molecule has 1 aliphatic heterocycles. The fourth-order valence-corrected chi connectivity index (χ4v) is 4.20. The van der Waals surface area contributed by atoms with Gasteiger partial charge in [0.15, 0.2) is 0 Å². The van der Waals surface area contributed by atoms with E-state index in [-0.39, 0.29) is 11.1 Å². The van der Waals surface area contributed by atoms with Crippen molar-refractivity contribution in [2.24, 2.45) is 5.92 Å². The van der Waals surface area contributed by atoms with Crippen LogP contribution >= 0.6 is 0 Å².